The van der Waals surface area contributed by atoms with Gasteiger partial charge in [-0.1, -0.05) is 12.8 Å². The van der Waals surface area contributed by atoms with E-state index in [-0.39, 0.29) is 12.3 Å². The number of methoxy groups -OCH3 is 1. The van der Waals surface area contributed by atoms with Crippen LogP contribution < -0.4 is 0 Å². The molecule has 1 fully saturated rings. The molecule has 0 spiro atoms. The number of carbonyl (C=O) groups is 1. The summed E-state index contributed by atoms with van der Waals surface area (Å²) in [6, 6.07) is 3.77. The van der Waals surface area contributed by atoms with Gasteiger partial charge in [-0.3, -0.25) is 4.79 Å². The summed E-state index contributed by atoms with van der Waals surface area (Å²) in [5.41, 5.74) is -0.818. The van der Waals surface area contributed by atoms with Crippen LogP contribution in [-0.4, -0.2) is 41.8 Å². The molecule has 118 valence electrons. The number of rotatable bonds is 7. The van der Waals surface area contributed by atoms with Crippen LogP contribution in [0.2, 0.25) is 0 Å². The predicted molar refractivity (Wildman–Crippen MR) is 78.8 cm³/mol. The Bertz CT molecular complexity index is 463. The molecule has 1 aliphatic rings. The van der Waals surface area contributed by atoms with E-state index >= 15 is 0 Å². The highest BCUT2D eigenvalue weighted by Crippen LogP contribution is 2.32. The highest BCUT2D eigenvalue weighted by molar-refractivity contribution is 5.77. The molecule has 5 nitrogen and oxygen atoms in total. The van der Waals surface area contributed by atoms with Crippen LogP contribution in [0.1, 0.15) is 43.6 Å². The molecule has 0 saturated heterocycles. The van der Waals surface area contributed by atoms with Crippen molar-refractivity contribution in [1.29, 1.82) is 0 Å². The van der Waals surface area contributed by atoms with E-state index < -0.39 is 5.60 Å². The summed E-state index contributed by atoms with van der Waals surface area (Å²) in [4.78, 5) is 14.2. The molecule has 5 heteroatoms. The van der Waals surface area contributed by atoms with E-state index in [4.69, 9.17) is 9.15 Å². The molecular formula is C16H25NO4. The van der Waals surface area contributed by atoms with Gasteiger partial charge in [0.2, 0.25) is 5.91 Å². The van der Waals surface area contributed by atoms with E-state index in [9.17, 15) is 9.90 Å². The molecule has 0 radical (unpaired) electrons. The number of aliphatic hydroxyl groups is 1. The molecule has 0 bridgehead atoms. The maximum absolute atomic E-state index is 12.5. The molecule has 0 aliphatic heterocycles. The van der Waals surface area contributed by atoms with Crippen molar-refractivity contribution in [2.45, 2.75) is 51.2 Å². The second kappa shape index (κ2) is 7.09. The van der Waals surface area contributed by atoms with Crippen molar-refractivity contribution in [3.8, 4) is 0 Å². The summed E-state index contributed by atoms with van der Waals surface area (Å²) < 4.78 is 10.6. The maximum atomic E-state index is 12.5. The second-order valence-corrected chi connectivity index (χ2v) is 5.93. The first-order valence-corrected chi connectivity index (χ1v) is 7.57. The fourth-order valence-corrected chi connectivity index (χ4v) is 2.85. The van der Waals surface area contributed by atoms with E-state index in [0.29, 0.717) is 19.7 Å². The highest BCUT2D eigenvalue weighted by atomic mass is 16.5. The number of ether oxygens (including phenoxy) is 1. The first-order valence-electron chi connectivity index (χ1n) is 7.57. The van der Waals surface area contributed by atoms with Crippen molar-refractivity contribution >= 4 is 5.91 Å². The largest absolute Gasteiger partial charge is 0.464 e. The third kappa shape index (κ3) is 4.58. The van der Waals surface area contributed by atoms with Crippen molar-refractivity contribution < 1.29 is 19.1 Å². The zero-order valence-corrected chi connectivity index (χ0v) is 12.9. The fraction of sp³-hybridized carbons (Fsp3) is 0.688. The average molecular weight is 295 g/mol. The van der Waals surface area contributed by atoms with Crippen LogP contribution in [0.15, 0.2) is 16.5 Å². The average Bonchev–Trinajstić information content (AvgIpc) is 3.03. The summed E-state index contributed by atoms with van der Waals surface area (Å²) >= 11 is 0. The van der Waals surface area contributed by atoms with E-state index in [2.05, 4.69) is 0 Å². The van der Waals surface area contributed by atoms with Crippen LogP contribution in [-0.2, 0) is 16.1 Å². The van der Waals surface area contributed by atoms with Crippen LogP contribution in [0.5, 0.6) is 0 Å². The summed E-state index contributed by atoms with van der Waals surface area (Å²) in [6.07, 6.45) is 3.63. The number of furan rings is 1. The smallest absolute Gasteiger partial charge is 0.225 e. The Labute approximate surface area is 125 Å². The highest BCUT2D eigenvalue weighted by Gasteiger charge is 2.35. The molecule has 1 amide bonds. The minimum Gasteiger partial charge on any atom is -0.464 e. The summed E-state index contributed by atoms with van der Waals surface area (Å²) in [5, 5.41) is 10.4. The zero-order chi connectivity index (χ0) is 15.3. The van der Waals surface area contributed by atoms with Gasteiger partial charge in [0.15, 0.2) is 0 Å². The summed E-state index contributed by atoms with van der Waals surface area (Å²) in [6.45, 7) is 3.28. The number of amides is 1. The first-order chi connectivity index (χ1) is 10.0. The first kappa shape index (κ1) is 16.0. The molecule has 2 rings (SSSR count). The lowest BCUT2D eigenvalue weighted by molar-refractivity contribution is -0.137. The standard InChI is InChI=1S/C16H25NO4/c1-13-5-6-14(21-13)12-17(9-10-20-2)15(18)11-16(19)7-3-4-8-16/h5-6,19H,3-4,7-12H2,1-2H3. The Morgan fingerprint density at radius 1 is 1.43 bits per heavy atom. The lowest BCUT2D eigenvalue weighted by Gasteiger charge is -2.27. The Kier molecular flexibility index (Phi) is 5.42. The van der Waals surface area contributed by atoms with Gasteiger partial charge in [0.25, 0.3) is 0 Å². The lowest BCUT2D eigenvalue weighted by Crippen LogP contribution is -2.39. The Hall–Kier alpha value is -1.33. The van der Waals surface area contributed by atoms with Crippen LogP contribution >= 0.6 is 0 Å². The molecule has 1 N–H and O–H groups in total. The molecular weight excluding hydrogens is 270 g/mol. The lowest BCUT2D eigenvalue weighted by atomic mass is 9.97. The van der Waals surface area contributed by atoms with Crippen molar-refractivity contribution in [3.63, 3.8) is 0 Å². The van der Waals surface area contributed by atoms with Crippen molar-refractivity contribution in [2.75, 3.05) is 20.3 Å². The van der Waals surface area contributed by atoms with Gasteiger partial charge in [-0.05, 0) is 31.9 Å². The zero-order valence-electron chi connectivity index (χ0n) is 12.9. The van der Waals surface area contributed by atoms with E-state index in [0.717, 1.165) is 37.2 Å². The van der Waals surface area contributed by atoms with Gasteiger partial charge < -0.3 is 19.2 Å². The maximum Gasteiger partial charge on any atom is 0.225 e. The van der Waals surface area contributed by atoms with Gasteiger partial charge in [-0.15, -0.1) is 0 Å². The second-order valence-electron chi connectivity index (χ2n) is 5.93. The van der Waals surface area contributed by atoms with E-state index in [1.54, 1.807) is 12.0 Å². The van der Waals surface area contributed by atoms with Crippen molar-refractivity contribution in [3.05, 3.63) is 23.7 Å². The normalized spacial score (nSPS) is 17.1. The van der Waals surface area contributed by atoms with Crippen LogP contribution in [0.4, 0.5) is 0 Å². The van der Waals surface area contributed by atoms with Gasteiger partial charge in [0.05, 0.1) is 25.2 Å². The van der Waals surface area contributed by atoms with Crippen molar-refractivity contribution in [2.24, 2.45) is 0 Å². The molecule has 0 atom stereocenters. The SMILES string of the molecule is COCCN(Cc1ccc(C)o1)C(=O)CC1(O)CCCC1. The van der Waals surface area contributed by atoms with Gasteiger partial charge in [-0.25, -0.2) is 0 Å². The molecule has 1 aromatic heterocycles. The monoisotopic (exact) mass is 295 g/mol. The molecule has 1 heterocycles. The van der Waals surface area contributed by atoms with Crippen LogP contribution in [0, 0.1) is 6.92 Å². The third-order valence-electron chi connectivity index (χ3n) is 4.08. The number of aryl methyl sites for hydroxylation is 1. The summed E-state index contributed by atoms with van der Waals surface area (Å²) in [7, 11) is 1.62. The van der Waals surface area contributed by atoms with Gasteiger partial charge >= 0.3 is 0 Å². The Morgan fingerprint density at radius 3 is 2.71 bits per heavy atom. The summed E-state index contributed by atoms with van der Waals surface area (Å²) in [5.74, 6) is 1.56. The van der Waals surface area contributed by atoms with Crippen LogP contribution in [0.25, 0.3) is 0 Å². The molecule has 21 heavy (non-hydrogen) atoms. The third-order valence-corrected chi connectivity index (χ3v) is 4.08. The Morgan fingerprint density at radius 2 is 2.14 bits per heavy atom. The van der Waals surface area contributed by atoms with Crippen molar-refractivity contribution in [1.82, 2.24) is 4.90 Å². The number of carbonyl (C=O) groups excluding carboxylic acids is 1. The van der Waals surface area contributed by atoms with Gasteiger partial charge in [0.1, 0.15) is 11.5 Å². The number of hydrogen-bond acceptors (Lipinski definition) is 4. The minimum absolute atomic E-state index is 0.0366. The van der Waals surface area contributed by atoms with Crippen LogP contribution in [0.3, 0.4) is 0 Å². The number of hydrogen-bond donors (Lipinski definition) is 1. The molecule has 1 aliphatic carbocycles. The predicted octanol–water partition coefficient (Wildman–Crippen LogP) is 2.26. The quantitative estimate of drug-likeness (QED) is 0.838. The number of nitrogens with zero attached hydrogens (tertiary/aromatic N) is 1. The topological polar surface area (TPSA) is 62.9 Å². The van der Waals surface area contributed by atoms with Gasteiger partial charge in [0, 0.05) is 13.7 Å². The molecule has 0 unspecified atom stereocenters. The van der Waals surface area contributed by atoms with E-state index in [1.807, 2.05) is 19.1 Å². The molecule has 1 aromatic rings. The minimum atomic E-state index is -0.818. The Balaban J connectivity index is 1.98. The van der Waals surface area contributed by atoms with E-state index in [1.165, 1.54) is 0 Å². The fourth-order valence-electron chi connectivity index (χ4n) is 2.85. The van der Waals surface area contributed by atoms with Gasteiger partial charge in [-0.2, -0.15) is 0 Å². The molecule has 0 aromatic carbocycles. The molecule has 1 saturated carbocycles.